The number of terminal acetylenes is 1. The Morgan fingerprint density at radius 2 is 2.06 bits per heavy atom. The SMILES string of the molecule is C#CCNC(=O)Cn1c(=O)ccc2ccccc21. The summed E-state index contributed by atoms with van der Waals surface area (Å²) in [5.74, 6) is 2.04. The van der Waals surface area contributed by atoms with Crippen LogP contribution >= 0.6 is 0 Å². The fourth-order valence-corrected chi connectivity index (χ4v) is 1.76. The molecule has 0 atom stereocenters. The third-order valence-electron chi connectivity index (χ3n) is 2.59. The Kier molecular flexibility index (Phi) is 3.44. The van der Waals surface area contributed by atoms with E-state index >= 15 is 0 Å². The number of aromatic nitrogens is 1. The van der Waals surface area contributed by atoms with Gasteiger partial charge in [-0.3, -0.25) is 14.2 Å². The smallest absolute Gasteiger partial charge is 0.251 e. The van der Waals surface area contributed by atoms with Gasteiger partial charge in [0, 0.05) is 6.07 Å². The molecule has 18 heavy (non-hydrogen) atoms. The average Bonchev–Trinajstić information content (AvgIpc) is 2.40. The van der Waals surface area contributed by atoms with Crippen molar-refractivity contribution in [2.45, 2.75) is 6.54 Å². The fourth-order valence-electron chi connectivity index (χ4n) is 1.76. The number of hydrogen-bond donors (Lipinski definition) is 1. The summed E-state index contributed by atoms with van der Waals surface area (Å²) in [6.45, 7) is 0.139. The zero-order valence-corrected chi connectivity index (χ0v) is 9.72. The molecule has 0 fully saturated rings. The van der Waals surface area contributed by atoms with E-state index in [9.17, 15) is 9.59 Å². The molecule has 90 valence electrons. The molecule has 0 radical (unpaired) electrons. The van der Waals surface area contributed by atoms with E-state index in [0.29, 0.717) is 0 Å². The van der Waals surface area contributed by atoms with E-state index in [0.717, 1.165) is 10.9 Å². The predicted molar refractivity (Wildman–Crippen MR) is 70.1 cm³/mol. The minimum absolute atomic E-state index is 0.0259. The van der Waals surface area contributed by atoms with Gasteiger partial charge in [-0.2, -0.15) is 0 Å². The first-order valence-corrected chi connectivity index (χ1v) is 5.51. The molecule has 1 aromatic heterocycles. The van der Waals surface area contributed by atoms with E-state index in [-0.39, 0.29) is 24.6 Å². The lowest BCUT2D eigenvalue weighted by Crippen LogP contribution is -2.32. The molecule has 0 spiro atoms. The van der Waals surface area contributed by atoms with Gasteiger partial charge in [-0.1, -0.05) is 24.1 Å². The van der Waals surface area contributed by atoms with Crippen molar-refractivity contribution in [1.29, 1.82) is 0 Å². The zero-order chi connectivity index (χ0) is 13.0. The standard InChI is InChI=1S/C14H12N2O2/c1-2-9-15-13(17)10-16-12-6-4-3-5-11(12)7-8-14(16)18/h1,3-8H,9-10H2,(H,15,17). The summed E-state index contributed by atoms with van der Waals surface area (Å²) in [7, 11) is 0. The summed E-state index contributed by atoms with van der Waals surface area (Å²) in [5.41, 5.74) is 0.533. The Hall–Kier alpha value is -2.54. The van der Waals surface area contributed by atoms with Gasteiger partial charge in [0.2, 0.25) is 5.91 Å². The number of para-hydroxylation sites is 1. The molecule has 1 N–H and O–H groups in total. The Labute approximate surface area is 104 Å². The first kappa shape index (κ1) is 11.9. The van der Waals surface area contributed by atoms with Crippen LogP contribution in [-0.2, 0) is 11.3 Å². The Bertz CT molecular complexity index is 680. The van der Waals surface area contributed by atoms with Crippen molar-refractivity contribution in [3.05, 3.63) is 46.8 Å². The van der Waals surface area contributed by atoms with Gasteiger partial charge in [0.05, 0.1) is 12.1 Å². The zero-order valence-electron chi connectivity index (χ0n) is 9.72. The summed E-state index contributed by atoms with van der Waals surface area (Å²) in [6.07, 6.45) is 5.06. The van der Waals surface area contributed by atoms with Crippen LogP contribution in [0.5, 0.6) is 0 Å². The maximum absolute atomic E-state index is 11.8. The second-order valence-electron chi connectivity index (χ2n) is 3.80. The third kappa shape index (κ3) is 2.41. The van der Waals surface area contributed by atoms with Crippen LogP contribution in [0.15, 0.2) is 41.2 Å². The quantitative estimate of drug-likeness (QED) is 0.805. The van der Waals surface area contributed by atoms with E-state index in [2.05, 4.69) is 11.2 Å². The monoisotopic (exact) mass is 240 g/mol. The molecule has 0 bridgehead atoms. The van der Waals surface area contributed by atoms with Crippen molar-refractivity contribution in [2.24, 2.45) is 0 Å². The normalized spacial score (nSPS) is 9.94. The number of nitrogens with one attached hydrogen (secondary N) is 1. The lowest BCUT2D eigenvalue weighted by Gasteiger charge is -2.09. The van der Waals surface area contributed by atoms with Crippen molar-refractivity contribution < 1.29 is 4.79 Å². The summed E-state index contributed by atoms with van der Waals surface area (Å²) in [6, 6.07) is 10.6. The summed E-state index contributed by atoms with van der Waals surface area (Å²) in [4.78, 5) is 23.4. The number of amides is 1. The number of carbonyl (C=O) groups is 1. The molecular weight excluding hydrogens is 228 g/mol. The van der Waals surface area contributed by atoms with Gasteiger partial charge in [0.15, 0.2) is 0 Å². The molecule has 1 aromatic carbocycles. The topological polar surface area (TPSA) is 51.1 Å². The van der Waals surface area contributed by atoms with Crippen LogP contribution in [0.1, 0.15) is 0 Å². The molecule has 0 aliphatic carbocycles. The molecule has 2 rings (SSSR count). The van der Waals surface area contributed by atoms with Crippen LogP contribution in [0, 0.1) is 12.3 Å². The molecular formula is C14H12N2O2. The van der Waals surface area contributed by atoms with Crippen molar-refractivity contribution >= 4 is 16.8 Å². The second-order valence-corrected chi connectivity index (χ2v) is 3.80. The van der Waals surface area contributed by atoms with Crippen molar-refractivity contribution in [3.63, 3.8) is 0 Å². The molecule has 4 heteroatoms. The average molecular weight is 240 g/mol. The highest BCUT2D eigenvalue weighted by Gasteiger charge is 2.06. The first-order chi connectivity index (χ1) is 8.72. The highest BCUT2D eigenvalue weighted by Crippen LogP contribution is 2.10. The molecule has 0 saturated carbocycles. The van der Waals surface area contributed by atoms with E-state index < -0.39 is 0 Å². The maximum atomic E-state index is 11.8. The maximum Gasteiger partial charge on any atom is 0.251 e. The number of rotatable bonds is 3. The minimum Gasteiger partial charge on any atom is -0.344 e. The van der Waals surface area contributed by atoms with Gasteiger partial charge < -0.3 is 5.32 Å². The summed E-state index contributed by atoms with van der Waals surface area (Å²) < 4.78 is 1.43. The van der Waals surface area contributed by atoms with Gasteiger partial charge in [0.1, 0.15) is 6.54 Å². The van der Waals surface area contributed by atoms with Crippen LogP contribution in [0.25, 0.3) is 10.9 Å². The number of carbonyl (C=O) groups excluding carboxylic acids is 1. The Morgan fingerprint density at radius 1 is 1.28 bits per heavy atom. The highest BCUT2D eigenvalue weighted by atomic mass is 16.2. The van der Waals surface area contributed by atoms with Gasteiger partial charge in [0.25, 0.3) is 5.56 Å². The van der Waals surface area contributed by atoms with Gasteiger partial charge in [-0.05, 0) is 17.5 Å². The van der Waals surface area contributed by atoms with E-state index in [1.54, 1.807) is 6.07 Å². The number of pyridine rings is 1. The molecule has 0 unspecified atom stereocenters. The molecule has 1 heterocycles. The Balaban J connectivity index is 2.38. The molecule has 0 aliphatic rings. The van der Waals surface area contributed by atoms with Crippen molar-refractivity contribution in [3.8, 4) is 12.3 Å². The lowest BCUT2D eigenvalue weighted by atomic mass is 10.2. The van der Waals surface area contributed by atoms with Crippen molar-refractivity contribution in [2.75, 3.05) is 6.54 Å². The summed E-state index contributed by atoms with van der Waals surface area (Å²) in [5, 5.41) is 3.46. The lowest BCUT2D eigenvalue weighted by molar-refractivity contribution is -0.121. The van der Waals surface area contributed by atoms with Crippen LogP contribution < -0.4 is 10.9 Å². The van der Waals surface area contributed by atoms with Crippen LogP contribution in [0.3, 0.4) is 0 Å². The molecule has 0 saturated heterocycles. The summed E-state index contributed by atoms with van der Waals surface area (Å²) >= 11 is 0. The molecule has 2 aromatic rings. The van der Waals surface area contributed by atoms with Gasteiger partial charge in [-0.15, -0.1) is 6.42 Å². The first-order valence-electron chi connectivity index (χ1n) is 5.51. The second kappa shape index (κ2) is 5.19. The predicted octanol–water partition coefficient (Wildman–Crippen LogP) is 0.751. The third-order valence-corrected chi connectivity index (χ3v) is 2.59. The van der Waals surface area contributed by atoms with Gasteiger partial charge in [-0.25, -0.2) is 0 Å². The van der Waals surface area contributed by atoms with Crippen LogP contribution in [0.4, 0.5) is 0 Å². The number of nitrogens with zero attached hydrogens (tertiary/aromatic N) is 1. The van der Waals surface area contributed by atoms with Crippen LogP contribution in [0.2, 0.25) is 0 Å². The largest absolute Gasteiger partial charge is 0.344 e. The Morgan fingerprint density at radius 3 is 2.83 bits per heavy atom. The van der Waals surface area contributed by atoms with Crippen LogP contribution in [-0.4, -0.2) is 17.0 Å². The van der Waals surface area contributed by atoms with E-state index in [4.69, 9.17) is 6.42 Å². The number of hydrogen-bond acceptors (Lipinski definition) is 2. The number of benzene rings is 1. The van der Waals surface area contributed by atoms with E-state index in [1.807, 2.05) is 24.3 Å². The molecule has 1 amide bonds. The highest BCUT2D eigenvalue weighted by molar-refractivity contribution is 5.82. The fraction of sp³-hybridized carbons (Fsp3) is 0.143. The van der Waals surface area contributed by atoms with Crippen molar-refractivity contribution in [1.82, 2.24) is 9.88 Å². The molecule has 0 aliphatic heterocycles. The van der Waals surface area contributed by atoms with E-state index in [1.165, 1.54) is 10.6 Å². The minimum atomic E-state index is -0.272. The number of fused-ring (bicyclic) bond motifs is 1. The molecule has 4 nitrogen and oxygen atoms in total. The van der Waals surface area contributed by atoms with Gasteiger partial charge >= 0.3 is 0 Å².